The first-order valence-corrected chi connectivity index (χ1v) is 8.02. The molecule has 120 valence electrons. The summed E-state index contributed by atoms with van der Waals surface area (Å²) in [4.78, 5) is 36.0. The molecule has 0 bridgehead atoms. The molecule has 1 heterocycles. The summed E-state index contributed by atoms with van der Waals surface area (Å²) in [6.07, 6.45) is 0. The van der Waals surface area contributed by atoms with Gasteiger partial charge in [0.15, 0.2) is 5.78 Å². The van der Waals surface area contributed by atoms with E-state index >= 15 is 0 Å². The number of hydrogen-bond acceptors (Lipinski definition) is 4. The lowest BCUT2D eigenvalue weighted by Crippen LogP contribution is -2.32. The summed E-state index contributed by atoms with van der Waals surface area (Å²) in [5.41, 5.74) is 1.37. The van der Waals surface area contributed by atoms with Crippen LogP contribution < -0.4 is 10.6 Å². The van der Waals surface area contributed by atoms with Gasteiger partial charge in [-0.2, -0.15) is 0 Å². The molecule has 0 spiro atoms. The van der Waals surface area contributed by atoms with Crippen LogP contribution in [0.1, 0.15) is 31.8 Å². The normalized spacial score (nSPS) is 10.2. The van der Waals surface area contributed by atoms with Crippen LogP contribution in [0, 0.1) is 6.92 Å². The van der Waals surface area contributed by atoms with Crippen molar-refractivity contribution in [1.82, 2.24) is 5.32 Å². The molecule has 7 heteroatoms. The van der Waals surface area contributed by atoms with Gasteiger partial charge in [-0.05, 0) is 43.7 Å². The third-order valence-electron chi connectivity index (χ3n) is 3.13. The highest BCUT2D eigenvalue weighted by Crippen LogP contribution is 2.22. The van der Waals surface area contributed by atoms with E-state index in [0.717, 1.165) is 16.9 Å². The Morgan fingerprint density at radius 2 is 1.83 bits per heavy atom. The Kier molecular flexibility index (Phi) is 5.52. The third-order valence-corrected chi connectivity index (χ3v) is 4.72. The van der Waals surface area contributed by atoms with Crippen LogP contribution in [0.25, 0.3) is 0 Å². The minimum atomic E-state index is -0.388. The third kappa shape index (κ3) is 4.40. The number of benzene rings is 1. The van der Waals surface area contributed by atoms with E-state index in [4.69, 9.17) is 11.6 Å². The Morgan fingerprint density at radius 3 is 2.48 bits per heavy atom. The lowest BCUT2D eigenvalue weighted by atomic mass is 10.2. The SMILES string of the molecule is CC(=O)c1ccc(C(=O)NCC(=O)Nc2cccc(Cl)c2C)s1. The average molecular weight is 351 g/mol. The van der Waals surface area contributed by atoms with Crippen molar-refractivity contribution in [1.29, 1.82) is 0 Å². The number of ketones is 1. The molecule has 23 heavy (non-hydrogen) atoms. The van der Waals surface area contributed by atoms with Crippen molar-refractivity contribution in [2.75, 3.05) is 11.9 Å². The molecule has 0 aliphatic heterocycles. The topological polar surface area (TPSA) is 75.3 Å². The molecule has 0 atom stereocenters. The molecule has 2 rings (SSSR count). The van der Waals surface area contributed by atoms with Crippen molar-refractivity contribution in [3.63, 3.8) is 0 Å². The number of amides is 2. The summed E-state index contributed by atoms with van der Waals surface area (Å²) in [7, 11) is 0. The minimum absolute atomic E-state index is 0.0942. The van der Waals surface area contributed by atoms with E-state index in [1.165, 1.54) is 6.92 Å². The van der Waals surface area contributed by atoms with Crippen LogP contribution in [-0.2, 0) is 4.79 Å². The van der Waals surface area contributed by atoms with Gasteiger partial charge < -0.3 is 10.6 Å². The van der Waals surface area contributed by atoms with Crippen LogP contribution in [0.15, 0.2) is 30.3 Å². The number of hydrogen-bond donors (Lipinski definition) is 2. The number of nitrogens with one attached hydrogen (secondary N) is 2. The van der Waals surface area contributed by atoms with Crippen molar-refractivity contribution in [2.24, 2.45) is 0 Å². The highest BCUT2D eigenvalue weighted by Gasteiger charge is 2.13. The minimum Gasteiger partial charge on any atom is -0.342 e. The smallest absolute Gasteiger partial charge is 0.261 e. The number of rotatable bonds is 5. The van der Waals surface area contributed by atoms with E-state index < -0.39 is 0 Å². The van der Waals surface area contributed by atoms with E-state index in [1.807, 2.05) is 0 Å². The zero-order valence-electron chi connectivity index (χ0n) is 12.6. The lowest BCUT2D eigenvalue weighted by molar-refractivity contribution is -0.115. The predicted molar refractivity (Wildman–Crippen MR) is 91.5 cm³/mol. The van der Waals surface area contributed by atoms with Crippen molar-refractivity contribution >= 4 is 46.2 Å². The van der Waals surface area contributed by atoms with E-state index in [-0.39, 0.29) is 24.1 Å². The van der Waals surface area contributed by atoms with Crippen LogP contribution in [-0.4, -0.2) is 24.1 Å². The van der Waals surface area contributed by atoms with Gasteiger partial charge in [0, 0.05) is 10.7 Å². The molecular formula is C16H15ClN2O3S. The van der Waals surface area contributed by atoms with Crippen LogP contribution >= 0.6 is 22.9 Å². The average Bonchev–Trinajstić information content (AvgIpc) is 3.00. The number of carbonyl (C=O) groups excluding carboxylic acids is 3. The first-order valence-electron chi connectivity index (χ1n) is 6.82. The second-order valence-corrected chi connectivity index (χ2v) is 6.35. The van der Waals surface area contributed by atoms with Gasteiger partial charge in [0.25, 0.3) is 5.91 Å². The Bertz CT molecular complexity index is 770. The van der Waals surface area contributed by atoms with Crippen LogP contribution in [0.2, 0.25) is 5.02 Å². The largest absolute Gasteiger partial charge is 0.342 e. The Morgan fingerprint density at radius 1 is 1.13 bits per heavy atom. The van der Waals surface area contributed by atoms with Gasteiger partial charge in [0.05, 0.1) is 16.3 Å². The van der Waals surface area contributed by atoms with Gasteiger partial charge in [-0.25, -0.2) is 0 Å². The van der Waals surface area contributed by atoms with Gasteiger partial charge in [-0.3, -0.25) is 14.4 Å². The summed E-state index contributed by atoms with van der Waals surface area (Å²) < 4.78 is 0. The first kappa shape index (κ1) is 17.2. The summed E-state index contributed by atoms with van der Waals surface area (Å²) in [5.74, 6) is -0.837. The molecule has 0 saturated heterocycles. The molecule has 0 radical (unpaired) electrons. The van der Waals surface area contributed by atoms with E-state index in [9.17, 15) is 14.4 Å². The first-order chi connectivity index (χ1) is 10.9. The van der Waals surface area contributed by atoms with Gasteiger partial charge in [0.2, 0.25) is 5.91 Å². The highest BCUT2D eigenvalue weighted by atomic mass is 35.5. The van der Waals surface area contributed by atoms with Gasteiger partial charge in [0.1, 0.15) is 0 Å². The number of halogens is 1. The van der Waals surface area contributed by atoms with Gasteiger partial charge in [-0.15, -0.1) is 11.3 Å². The summed E-state index contributed by atoms with van der Waals surface area (Å²) >= 11 is 7.08. The van der Waals surface area contributed by atoms with Crippen molar-refractivity contribution in [3.8, 4) is 0 Å². The lowest BCUT2D eigenvalue weighted by Gasteiger charge is -2.09. The van der Waals surface area contributed by atoms with Gasteiger partial charge in [-0.1, -0.05) is 17.7 Å². The monoisotopic (exact) mass is 350 g/mol. The highest BCUT2D eigenvalue weighted by molar-refractivity contribution is 7.15. The number of anilines is 1. The second-order valence-electron chi connectivity index (χ2n) is 4.86. The summed E-state index contributed by atoms with van der Waals surface area (Å²) in [5, 5.41) is 5.77. The molecule has 0 aliphatic carbocycles. The molecule has 0 unspecified atom stereocenters. The zero-order valence-corrected chi connectivity index (χ0v) is 14.2. The number of Topliss-reactive ketones (excluding diaryl/α,β-unsaturated/α-hetero) is 1. The predicted octanol–water partition coefficient (Wildman–Crippen LogP) is 3.28. The maximum atomic E-state index is 11.9. The fourth-order valence-electron chi connectivity index (χ4n) is 1.83. The molecule has 2 amide bonds. The maximum Gasteiger partial charge on any atom is 0.261 e. The number of carbonyl (C=O) groups is 3. The fourth-order valence-corrected chi connectivity index (χ4v) is 2.83. The Hall–Kier alpha value is -2.18. The molecule has 2 N–H and O–H groups in total. The quantitative estimate of drug-likeness (QED) is 0.812. The molecule has 1 aromatic carbocycles. The Balaban J connectivity index is 1.92. The second kappa shape index (κ2) is 7.39. The molecule has 0 aliphatic rings. The van der Waals surface area contributed by atoms with E-state index in [2.05, 4.69) is 10.6 Å². The Labute approximate surface area is 142 Å². The summed E-state index contributed by atoms with van der Waals surface area (Å²) in [6.45, 7) is 3.07. The standard InChI is InChI=1S/C16H15ClN2O3S/c1-9-11(17)4-3-5-12(9)19-15(21)8-18-16(22)14-7-6-13(23-14)10(2)20/h3-7H,8H2,1-2H3,(H,18,22)(H,19,21). The molecule has 0 saturated carbocycles. The number of thiophene rings is 1. The van der Waals surface area contributed by atoms with E-state index in [1.54, 1.807) is 37.3 Å². The van der Waals surface area contributed by atoms with Crippen LogP contribution in [0.4, 0.5) is 5.69 Å². The van der Waals surface area contributed by atoms with Crippen molar-refractivity contribution in [2.45, 2.75) is 13.8 Å². The van der Waals surface area contributed by atoms with Crippen molar-refractivity contribution < 1.29 is 14.4 Å². The van der Waals surface area contributed by atoms with Gasteiger partial charge >= 0.3 is 0 Å². The zero-order chi connectivity index (χ0) is 17.0. The molecular weight excluding hydrogens is 336 g/mol. The fraction of sp³-hybridized carbons (Fsp3) is 0.188. The molecule has 5 nitrogen and oxygen atoms in total. The molecule has 1 aromatic heterocycles. The molecule has 0 fully saturated rings. The maximum absolute atomic E-state index is 11.9. The van der Waals surface area contributed by atoms with Crippen LogP contribution in [0.5, 0.6) is 0 Å². The molecule has 2 aromatic rings. The van der Waals surface area contributed by atoms with E-state index in [0.29, 0.717) is 20.5 Å². The van der Waals surface area contributed by atoms with Crippen LogP contribution in [0.3, 0.4) is 0 Å². The van der Waals surface area contributed by atoms with Crippen molar-refractivity contribution in [3.05, 3.63) is 50.7 Å². The summed E-state index contributed by atoms with van der Waals surface area (Å²) in [6, 6.07) is 8.36.